The lowest BCUT2D eigenvalue weighted by atomic mass is 10.2. The number of amides is 1. The zero-order valence-corrected chi connectivity index (χ0v) is 17.9. The maximum atomic E-state index is 11.7. The molecule has 2 rings (SSSR count). The first-order valence-corrected chi connectivity index (χ1v) is 9.56. The van der Waals surface area contributed by atoms with E-state index in [4.69, 9.17) is 21.7 Å². The Hall–Kier alpha value is -3.13. The number of nitrogens with one attached hydrogen (secondary N) is 2. The van der Waals surface area contributed by atoms with E-state index >= 15 is 0 Å². The van der Waals surface area contributed by atoms with Gasteiger partial charge in [-0.3, -0.25) is 10.2 Å². The first-order chi connectivity index (χ1) is 13.9. The molecule has 0 unspecified atom stereocenters. The van der Waals surface area contributed by atoms with Gasteiger partial charge in [0.1, 0.15) is 0 Å². The van der Waals surface area contributed by atoms with Gasteiger partial charge in [0, 0.05) is 19.8 Å². The molecule has 29 heavy (non-hydrogen) atoms. The summed E-state index contributed by atoms with van der Waals surface area (Å²) in [4.78, 5) is 13.2. The second-order valence-electron chi connectivity index (χ2n) is 6.41. The van der Waals surface area contributed by atoms with Crippen LogP contribution >= 0.6 is 12.2 Å². The minimum atomic E-state index is -0.128. The predicted molar refractivity (Wildman–Crippen MR) is 120 cm³/mol. The van der Waals surface area contributed by atoms with Gasteiger partial charge in [0.2, 0.25) is 0 Å². The number of benzene rings is 2. The summed E-state index contributed by atoms with van der Waals surface area (Å²) in [6.07, 6.45) is 1.63. The highest BCUT2D eigenvalue weighted by Crippen LogP contribution is 2.28. The molecule has 0 bridgehead atoms. The molecule has 0 atom stereocenters. The largest absolute Gasteiger partial charge is 0.490 e. The summed E-state index contributed by atoms with van der Waals surface area (Å²) in [7, 11) is 3.36. The fourth-order valence-corrected chi connectivity index (χ4v) is 2.39. The van der Waals surface area contributed by atoms with Crippen molar-refractivity contribution in [1.82, 2.24) is 10.3 Å². The van der Waals surface area contributed by atoms with E-state index in [9.17, 15) is 4.79 Å². The monoisotopic (exact) mass is 414 g/mol. The van der Waals surface area contributed by atoms with Crippen LogP contribution in [-0.2, 0) is 4.79 Å². The molecule has 154 valence electrons. The van der Waals surface area contributed by atoms with Gasteiger partial charge in [-0.05, 0) is 62.0 Å². The van der Waals surface area contributed by atoms with Crippen molar-refractivity contribution in [2.45, 2.75) is 13.8 Å². The summed E-state index contributed by atoms with van der Waals surface area (Å²) in [5, 5.41) is 7.59. The van der Waals surface area contributed by atoms with Crippen molar-refractivity contribution in [2.24, 2.45) is 5.10 Å². The van der Waals surface area contributed by atoms with Crippen LogP contribution in [0.3, 0.4) is 0 Å². The molecule has 7 nitrogen and oxygen atoms in total. The first-order valence-electron chi connectivity index (χ1n) is 9.15. The highest BCUT2D eigenvalue weighted by atomic mass is 32.1. The van der Waals surface area contributed by atoms with Crippen LogP contribution in [-0.4, -0.2) is 49.4 Å². The molecule has 0 radical (unpaired) electrons. The molecule has 0 aliphatic carbocycles. The Balaban J connectivity index is 1.96. The molecule has 0 aliphatic heterocycles. The molecule has 8 heteroatoms. The van der Waals surface area contributed by atoms with E-state index in [-0.39, 0.29) is 12.5 Å². The normalized spacial score (nSPS) is 10.5. The van der Waals surface area contributed by atoms with Crippen molar-refractivity contribution in [3.05, 3.63) is 53.6 Å². The smallest absolute Gasteiger partial charge is 0.259 e. The molecule has 0 spiro atoms. The summed E-state index contributed by atoms with van der Waals surface area (Å²) in [6.45, 7) is 4.33. The number of anilines is 1. The molecule has 0 saturated heterocycles. The molecule has 2 N–H and O–H groups in total. The Labute approximate surface area is 176 Å². The van der Waals surface area contributed by atoms with Crippen molar-refractivity contribution >= 4 is 35.1 Å². The van der Waals surface area contributed by atoms with E-state index in [2.05, 4.69) is 15.8 Å². The average Bonchev–Trinajstić information content (AvgIpc) is 2.69. The quantitative estimate of drug-likeness (QED) is 0.393. The maximum Gasteiger partial charge on any atom is 0.259 e. The van der Waals surface area contributed by atoms with E-state index in [1.807, 2.05) is 44.2 Å². The average molecular weight is 415 g/mol. The number of hydrogen-bond acceptors (Lipinski definition) is 5. The SMILES string of the molecule is CCOc1cc(/C=N\NC(=S)Nc2ccc(C)cc2)ccc1OCC(=O)N(C)C. The lowest BCUT2D eigenvalue weighted by Crippen LogP contribution is -2.27. The number of hydrogen-bond donors (Lipinski definition) is 2. The van der Waals surface area contributed by atoms with E-state index in [0.29, 0.717) is 23.2 Å². The van der Waals surface area contributed by atoms with Gasteiger partial charge in [0.05, 0.1) is 12.8 Å². The van der Waals surface area contributed by atoms with Crippen LogP contribution in [0.4, 0.5) is 5.69 Å². The molecule has 1 amide bonds. The zero-order valence-electron chi connectivity index (χ0n) is 17.1. The summed E-state index contributed by atoms with van der Waals surface area (Å²) < 4.78 is 11.2. The molecule has 0 fully saturated rings. The van der Waals surface area contributed by atoms with Gasteiger partial charge >= 0.3 is 0 Å². The number of thiocarbonyl (C=S) groups is 1. The van der Waals surface area contributed by atoms with Crippen molar-refractivity contribution in [3.63, 3.8) is 0 Å². The minimum absolute atomic E-state index is 0.0545. The lowest BCUT2D eigenvalue weighted by molar-refractivity contribution is -0.130. The lowest BCUT2D eigenvalue weighted by Gasteiger charge is -2.14. The van der Waals surface area contributed by atoms with E-state index in [1.165, 1.54) is 10.5 Å². The van der Waals surface area contributed by atoms with Gasteiger partial charge in [-0.1, -0.05) is 17.7 Å². The number of carbonyl (C=O) groups excluding carboxylic acids is 1. The maximum absolute atomic E-state index is 11.7. The number of ether oxygens (including phenoxy) is 2. The summed E-state index contributed by atoms with van der Waals surface area (Å²) in [5.74, 6) is 0.920. The van der Waals surface area contributed by atoms with Crippen molar-refractivity contribution in [2.75, 3.05) is 32.6 Å². The number of hydrazone groups is 1. The predicted octanol–water partition coefficient (Wildman–Crippen LogP) is 3.18. The Morgan fingerprint density at radius 2 is 1.86 bits per heavy atom. The van der Waals surface area contributed by atoms with Crippen molar-refractivity contribution in [1.29, 1.82) is 0 Å². The highest BCUT2D eigenvalue weighted by molar-refractivity contribution is 7.80. The number of carbonyl (C=O) groups is 1. The van der Waals surface area contributed by atoms with Crippen LogP contribution in [0, 0.1) is 6.92 Å². The van der Waals surface area contributed by atoms with Crippen molar-refractivity contribution in [3.8, 4) is 11.5 Å². The van der Waals surface area contributed by atoms with Gasteiger partial charge in [-0.25, -0.2) is 0 Å². The Kier molecular flexibility index (Phi) is 8.42. The summed E-state index contributed by atoms with van der Waals surface area (Å²) in [5.41, 5.74) is 5.64. The third-order valence-electron chi connectivity index (χ3n) is 3.81. The molecule has 0 saturated carbocycles. The van der Waals surface area contributed by atoms with Crippen molar-refractivity contribution < 1.29 is 14.3 Å². The molecule has 0 aliphatic rings. The van der Waals surface area contributed by atoms with E-state index in [1.54, 1.807) is 32.4 Å². The van der Waals surface area contributed by atoms with Gasteiger partial charge in [0.15, 0.2) is 23.2 Å². The highest BCUT2D eigenvalue weighted by Gasteiger charge is 2.10. The van der Waals surface area contributed by atoms with Gasteiger partial charge in [-0.2, -0.15) is 5.10 Å². The Morgan fingerprint density at radius 1 is 1.14 bits per heavy atom. The second-order valence-corrected chi connectivity index (χ2v) is 6.81. The first kappa shape index (κ1) is 22.2. The van der Waals surface area contributed by atoms with Gasteiger partial charge < -0.3 is 19.7 Å². The van der Waals surface area contributed by atoms with E-state index in [0.717, 1.165) is 11.3 Å². The molecular weight excluding hydrogens is 388 g/mol. The topological polar surface area (TPSA) is 75.2 Å². The zero-order chi connectivity index (χ0) is 21.2. The molecule has 0 heterocycles. The van der Waals surface area contributed by atoms with E-state index < -0.39 is 0 Å². The minimum Gasteiger partial charge on any atom is -0.490 e. The number of aryl methyl sites for hydroxylation is 1. The van der Waals surface area contributed by atoms with Crippen LogP contribution in [0.5, 0.6) is 11.5 Å². The number of likely N-dealkylation sites (N-methyl/N-ethyl adjacent to an activating group) is 1. The summed E-state index contributed by atoms with van der Waals surface area (Å²) in [6, 6.07) is 13.2. The Morgan fingerprint density at radius 3 is 2.52 bits per heavy atom. The number of nitrogens with zero attached hydrogens (tertiary/aromatic N) is 2. The van der Waals surface area contributed by atoms with Crippen LogP contribution in [0.25, 0.3) is 0 Å². The molecular formula is C21H26N4O3S. The Bertz CT molecular complexity index is 867. The van der Waals surface area contributed by atoms with Crippen LogP contribution in [0.15, 0.2) is 47.6 Å². The van der Waals surface area contributed by atoms with Crippen LogP contribution < -0.4 is 20.2 Å². The fourth-order valence-electron chi connectivity index (χ4n) is 2.22. The molecule has 0 aromatic heterocycles. The second kappa shape index (κ2) is 11.0. The fraction of sp³-hybridized carbons (Fsp3) is 0.286. The van der Waals surface area contributed by atoms with Crippen LogP contribution in [0.2, 0.25) is 0 Å². The van der Waals surface area contributed by atoms with Crippen LogP contribution in [0.1, 0.15) is 18.1 Å². The standard InChI is InChI=1S/C21H26N4O3S/c1-5-27-19-12-16(8-11-18(19)28-14-20(26)25(3)4)13-22-24-21(29)23-17-9-6-15(2)7-10-17/h6-13H,5,14H2,1-4H3,(H2,23,24,29)/b22-13-. The molecule has 2 aromatic carbocycles. The number of rotatable bonds is 8. The van der Waals surface area contributed by atoms with Gasteiger partial charge in [-0.15, -0.1) is 0 Å². The molecule has 2 aromatic rings. The summed E-state index contributed by atoms with van der Waals surface area (Å²) >= 11 is 5.24. The van der Waals surface area contributed by atoms with Gasteiger partial charge in [0.25, 0.3) is 5.91 Å². The third kappa shape index (κ3) is 7.42. The third-order valence-corrected chi connectivity index (χ3v) is 4.00.